The summed E-state index contributed by atoms with van der Waals surface area (Å²) in [7, 11) is 0. The van der Waals surface area contributed by atoms with Crippen LogP contribution in [0, 0.1) is 0 Å². The molecule has 3 rings (SSSR count). The van der Waals surface area contributed by atoms with Crippen LogP contribution in [0.5, 0.6) is 5.75 Å². The molecule has 0 saturated heterocycles. The third-order valence-corrected chi connectivity index (χ3v) is 3.80. The van der Waals surface area contributed by atoms with Gasteiger partial charge in [-0.3, -0.25) is 4.79 Å². The van der Waals surface area contributed by atoms with Gasteiger partial charge in [0.05, 0.1) is 23.5 Å². The number of benzene rings is 2. The van der Waals surface area contributed by atoms with Crippen LogP contribution in [0.15, 0.2) is 59.6 Å². The molecule has 0 aliphatic carbocycles. The summed E-state index contributed by atoms with van der Waals surface area (Å²) < 4.78 is 7.97. The largest absolute Gasteiger partial charge is 0.493 e. The molecule has 7 heteroatoms. The van der Waals surface area contributed by atoms with Crippen molar-refractivity contribution in [3.05, 3.63) is 65.2 Å². The van der Waals surface area contributed by atoms with Gasteiger partial charge in [0.2, 0.25) is 0 Å². The van der Waals surface area contributed by atoms with Gasteiger partial charge in [0.15, 0.2) is 0 Å². The minimum absolute atomic E-state index is 0.251. The Balaban J connectivity index is 1.94. The van der Waals surface area contributed by atoms with Crippen LogP contribution in [0.1, 0.15) is 17.3 Å². The highest BCUT2D eigenvalue weighted by molar-refractivity contribution is 9.10. The predicted octanol–water partition coefficient (Wildman–Crippen LogP) is 3.68. The van der Waals surface area contributed by atoms with Gasteiger partial charge in [-0.25, -0.2) is 9.67 Å². The molecule has 0 aliphatic heterocycles. The summed E-state index contributed by atoms with van der Waals surface area (Å²) in [5.74, 6) is 0.299. The molecule has 24 heavy (non-hydrogen) atoms. The maximum absolute atomic E-state index is 12.7. The van der Waals surface area contributed by atoms with E-state index in [4.69, 9.17) is 4.74 Å². The topological polar surface area (TPSA) is 69.0 Å². The van der Waals surface area contributed by atoms with E-state index in [-0.39, 0.29) is 5.91 Å². The molecule has 0 spiro atoms. The zero-order valence-electron chi connectivity index (χ0n) is 12.9. The molecule has 0 aliphatic rings. The van der Waals surface area contributed by atoms with E-state index in [0.717, 1.165) is 10.2 Å². The number of carbonyl (C=O) groups is 1. The van der Waals surface area contributed by atoms with Gasteiger partial charge in [-0.1, -0.05) is 28.1 Å². The van der Waals surface area contributed by atoms with Crippen molar-refractivity contribution in [2.45, 2.75) is 6.92 Å². The molecule has 1 heterocycles. The fraction of sp³-hybridized carbons (Fsp3) is 0.118. The van der Waals surface area contributed by atoms with Crippen LogP contribution in [0.4, 0.5) is 5.69 Å². The van der Waals surface area contributed by atoms with Crippen LogP contribution in [-0.2, 0) is 0 Å². The van der Waals surface area contributed by atoms with Gasteiger partial charge in [0.25, 0.3) is 5.91 Å². The average molecular weight is 387 g/mol. The van der Waals surface area contributed by atoms with E-state index < -0.39 is 0 Å². The first-order valence-electron chi connectivity index (χ1n) is 7.36. The second-order valence-corrected chi connectivity index (χ2v) is 5.80. The van der Waals surface area contributed by atoms with Gasteiger partial charge >= 0.3 is 0 Å². The van der Waals surface area contributed by atoms with Gasteiger partial charge in [0.1, 0.15) is 18.4 Å². The van der Waals surface area contributed by atoms with Crippen LogP contribution in [0.3, 0.4) is 0 Å². The van der Waals surface area contributed by atoms with Crippen molar-refractivity contribution in [3.8, 4) is 11.4 Å². The second kappa shape index (κ2) is 7.27. The fourth-order valence-corrected chi connectivity index (χ4v) is 2.63. The molecule has 0 saturated carbocycles. The maximum atomic E-state index is 12.7. The van der Waals surface area contributed by atoms with E-state index in [2.05, 4.69) is 31.3 Å². The number of ether oxygens (including phenoxy) is 1. The highest BCUT2D eigenvalue weighted by Crippen LogP contribution is 2.26. The summed E-state index contributed by atoms with van der Waals surface area (Å²) in [4.78, 5) is 16.6. The van der Waals surface area contributed by atoms with Crippen LogP contribution in [0.2, 0.25) is 0 Å². The third-order valence-electron chi connectivity index (χ3n) is 3.30. The molecule has 6 nitrogen and oxygen atoms in total. The first kappa shape index (κ1) is 16.2. The lowest BCUT2D eigenvalue weighted by Gasteiger charge is -2.13. The lowest BCUT2D eigenvalue weighted by Crippen LogP contribution is -2.15. The van der Waals surface area contributed by atoms with Crippen molar-refractivity contribution in [3.63, 3.8) is 0 Å². The van der Waals surface area contributed by atoms with Crippen LogP contribution in [0.25, 0.3) is 5.69 Å². The molecule has 1 N–H and O–H groups in total. The van der Waals surface area contributed by atoms with Crippen molar-refractivity contribution >= 4 is 27.5 Å². The third kappa shape index (κ3) is 3.46. The zero-order valence-corrected chi connectivity index (χ0v) is 14.5. The molecular formula is C17H15BrN4O2. The summed E-state index contributed by atoms with van der Waals surface area (Å²) in [5.41, 5.74) is 1.81. The first-order chi connectivity index (χ1) is 11.7. The SMILES string of the molecule is CCOc1ccccc1C(=O)Nc1cc(Br)ccc1-n1cncn1. The quantitative estimate of drug-likeness (QED) is 0.725. The number of nitrogens with one attached hydrogen (secondary N) is 1. The maximum Gasteiger partial charge on any atom is 0.259 e. The number of para-hydroxylation sites is 1. The summed E-state index contributed by atoms with van der Waals surface area (Å²) in [6, 6.07) is 12.7. The van der Waals surface area contributed by atoms with Crippen LogP contribution in [-0.4, -0.2) is 27.3 Å². The van der Waals surface area contributed by atoms with Gasteiger partial charge in [-0.05, 0) is 37.3 Å². The molecule has 1 amide bonds. The van der Waals surface area contributed by atoms with Crippen LogP contribution < -0.4 is 10.1 Å². The van der Waals surface area contributed by atoms with E-state index in [0.29, 0.717) is 23.6 Å². The monoisotopic (exact) mass is 386 g/mol. The summed E-state index contributed by atoms with van der Waals surface area (Å²) in [5, 5.41) is 7.04. The summed E-state index contributed by atoms with van der Waals surface area (Å²) >= 11 is 3.42. The molecule has 0 unspecified atom stereocenters. The highest BCUT2D eigenvalue weighted by Gasteiger charge is 2.15. The van der Waals surface area contributed by atoms with Gasteiger partial charge in [0, 0.05) is 4.47 Å². The molecule has 2 aromatic carbocycles. The van der Waals surface area contributed by atoms with E-state index in [1.807, 2.05) is 31.2 Å². The Hall–Kier alpha value is -2.67. The Kier molecular flexibility index (Phi) is 4.90. The molecule has 0 fully saturated rings. The molecular weight excluding hydrogens is 372 g/mol. The molecule has 3 aromatic rings. The number of carbonyl (C=O) groups excluding carboxylic acids is 1. The van der Waals surface area contributed by atoms with Crippen molar-refractivity contribution < 1.29 is 9.53 Å². The number of aromatic nitrogens is 3. The van der Waals surface area contributed by atoms with Gasteiger partial charge in [-0.15, -0.1) is 0 Å². The van der Waals surface area contributed by atoms with E-state index in [9.17, 15) is 4.79 Å². The number of nitrogens with zero attached hydrogens (tertiary/aromatic N) is 3. The number of anilines is 1. The van der Waals surface area contributed by atoms with E-state index in [1.54, 1.807) is 29.2 Å². The first-order valence-corrected chi connectivity index (χ1v) is 8.16. The molecule has 0 radical (unpaired) electrons. The van der Waals surface area contributed by atoms with Crippen LogP contribution >= 0.6 is 15.9 Å². The van der Waals surface area contributed by atoms with Gasteiger partial charge < -0.3 is 10.1 Å². The summed E-state index contributed by atoms with van der Waals surface area (Å²) in [6.07, 6.45) is 3.02. The highest BCUT2D eigenvalue weighted by atomic mass is 79.9. The molecule has 0 atom stereocenters. The fourth-order valence-electron chi connectivity index (χ4n) is 2.27. The normalized spacial score (nSPS) is 10.4. The Morgan fingerprint density at radius 1 is 1.29 bits per heavy atom. The Labute approximate surface area is 147 Å². The minimum atomic E-state index is -0.251. The Morgan fingerprint density at radius 2 is 2.12 bits per heavy atom. The van der Waals surface area contributed by atoms with Crippen molar-refractivity contribution in [2.75, 3.05) is 11.9 Å². The number of hydrogen-bond acceptors (Lipinski definition) is 4. The van der Waals surface area contributed by atoms with E-state index >= 15 is 0 Å². The number of hydrogen-bond donors (Lipinski definition) is 1. The molecule has 0 bridgehead atoms. The molecule has 122 valence electrons. The smallest absolute Gasteiger partial charge is 0.259 e. The van der Waals surface area contributed by atoms with Crippen molar-refractivity contribution in [2.24, 2.45) is 0 Å². The lowest BCUT2D eigenvalue weighted by molar-refractivity contribution is 0.102. The van der Waals surface area contributed by atoms with Gasteiger partial charge in [-0.2, -0.15) is 5.10 Å². The predicted molar refractivity (Wildman–Crippen MR) is 94.6 cm³/mol. The number of halogens is 1. The summed E-state index contributed by atoms with van der Waals surface area (Å²) in [6.45, 7) is 2.37. The lowest BCUT2D eigenvalue weighted by atomic mass is 10.1. The average Bonchev–Trinajstić information content (AvgIpc) is 3.10. The Morgan fingerprint density at radius 3 is 2.88 bits per heavy atom. The van der Waals surface area contributed by atoms with Crippen molar-refractivity contribution in [1.82, 2.24) is 14.8 Å². The number of rotatable bonds is 5. The minimum Gasteiger partial charge on any atom is -0.493 e. The second-order valence-electron chi connectivity index (χ2n) is 4.88. The van der Waals surface area contributed by atoms with E-state index in [1.165, 1.54) is 6.33 Å². The Bertz CT molecular complexity index is 850. The number of amides is 1. The zero-order chi connectivity index (χ0) is 16.9. The van der Waals surface area contributed by atoms with Crippen molar-refractivity contribution in [1.29, 1.82) is 0 Å². The molecule has 1 aromatic heterocycles. The standard InChI is InChI=1S/C17H15BrN4O2/c1-2-24-16-6-4-3-5-13(16)17(23)21-14-9-12(18)7-8-15(14)22-11-19-10-20-22/h3-11H,2H2,1H3,(H,21,23).